The first kappa shape index (κ1) is 10.2. The maximum atomic E-state index is 11.0. The molecule has 1 atom stereocenters. The first-order chi connectivity index (χ1) is 6.50. The number of carbonyl (C=O) groups excluding carboxylic acids is 1. The summed E-state index contributed by atoms with van der Waals surface area (Å²) in [4.78, 5) is 36.7. The Morgan fingerprint density at radius 3 is 2.71 bits per heavy atom. The molecule has 0 radical (unpaired) electrons. The lowest BCUT2D eigenvalue weighted by atomic mass is 10.3. The summed E-state index contributed by atoms with van der Waals surface area (Å²) in [6.45, 7) is 1.26. The van der Waals surface area contributed by atoms with Gasteiger partial charge in [0.25, 0.3) is 11.5 Å². The fourth-order valence-electron chi connectivity index (χ4n) is 0.740. The summed E-state index contributed by atoms with van der Waals surface area (Å²) in [5, 5.41) is 11.0. The second-order valence-corrected chi connectivity index (χ2v) is 2.65. The number of carbonyl (C=O) groups is 1. The summed E-state index contributed by atoms with van der Waals surface area (Å²) >= 11 is 0. The van der Waals surface area contributed by atoms with Gasteiger partial charge < -0.3 is 15.4 Å². The fourth-order valence-corrected chi connectivity index (χ4v) is 0.740. The number of hydrogen-bond acceptors (Lipinski definition) is 4. The first-order valence-corrected chi connectivity index (χ1v) is 3.81. The van der Waals surface area contributed by atoms with E-state index < -0.39 is 23.3 Å². The van der Waals surface area contributed by atoms with Gasteiger partial charge >= 0.3 is 5.69 Å². The van der Waals surface area contributed by atoms with E-state index in [0.717, 1.165) is 6.20 Å². The van der Waals surface area contributed by atoms with Gasteiger partial charge in [-0.05, 0) is 6.92 Å². The molecule has 0 saturated heterocycles. The molecule has 7 nitrogen and oxygen atoms in total. The van der Waals surface area contributed by atoms with Crippen molar-refractivity contribution in [2.75, 3.05) is 5.32 Å². The Hall–Kier alpha value is -1.89. The molecule has 1 amide bonds. The Bertz CT molecular complexity index is 445. The highest BCUT2D eigenvalue weighted by molar-refractivity contribution is 5.93. The maximum Gasteiger partial charge on any atom is 0.325 e. The van der Waals surface area contributed by atoms with Crippen LogP contribution < -0.4 is 16.6 Å². The summed E-state index contributed by atoms with van der Waals surface area (Å²) in [5.41, 5.74) is -1.50. The molecule has 0 bridgehead atoms. The molecule has 1 rings (SSSR count). The number of hydrogen-bond donors (Lipinski definition) is 4. The number of rotatable bonds is 2. The highest BCUT2D eigenvalue weighted by Gasteiger charge is 2.10. The number of aliphatic hydroxyl groups is 1. The van der Waals surface area contributed by atoms with Gasteiger partial charge in [0.15, 0.2) is 0 Å². The number of amides is 1. The lowest BCUT2D eigenvalue weighted by Gasteiger charge is -2.04. The monoisotopic (exact) mass is 199 g/mol. The van der Waals surface area contributed by atoms with E-state index in [9.17, 15) is 14.4 Å². The fraction of sp³-hybridized carbons (Fsp3) is 0.286. The van der Waals surface area contributed by atoms with Crippen LogP contribution in [-0.4, -0.2) is 27.1 Å². The standard InChI is InChI=1S/C7H9N3O4/c1-3(11)5(12)9-4-2-8-7(14)10-6(4)13/h2-3,11H,1H3,(H,9,12)(H2,8,10,13,14). The minimum Gasteiger partial charge on any atom is -0.384 e. The van der Waals surface area contributed by atoms with Gasteiger partial charge in [0.1, 0.15) is 11.8 Å². The van der Waals surface area contributed by atoms with E-state index in [4.69, 9.17) is 5.11 Å². The molecule has 4 N–H and O–H groups in total. The van der Waals surface area contributed by atoms with Crippen molar-refractivity contribution in [3.63, 3.8) is 0 Å². The van der Waals surface area contributed by atoms with Crippen LogP contribution in [0.15, 0.2) is 15.8 Å². The van der Waals surface area contributed by atoms with Crippen LogP contribution in [-0.2, 0) is 4.79 Å². The van der Waals surface area contributed by atoms with Gasteiger partial charge in [-0.15, -0.1) is 0 Å². The predicted molar refractivity (Wildman–Crippen MR) is 48.0 cm³/mol. The van der Waals surface area contributed by atoms with Crippen LogP contribution in [0.25, 0.3) is 0 Å². The van der Waals surface area contributed by atoms with Crippen LogP contribution in [0.4, 0.5) is 5.69 Å². The molecule has 0 aromatic carbocycles. The van der Waals surface area contributed by atoms with Crippen LogP contribution in [0.5, 0.6) is 0 Å². The molecule has 0 fully saturated rings. The van der Waals surface area contributed by atoms with Crippen molar-refractivity contribution >= 4 is 11.6 Å². The molecule has 0 aliphatic rings. The van der Waals surface area contributed by atoms with Gasteiger partial charge in [-0.1, -0.05) is 0 Å². The van der Waals surface area contributed by atoms with E-state index in [1.165, 1.54) is 6.92 Å². The van der Waals surface area contributed by atoms with Gasteiger partial charge in [0, 0.05) is 6.20 Å². The summed E-state index contributed by atoms with van der Waals surface area (Å²) in [5.74, 6) is -0.720. The summed E-state index contributed by atoms with van der Waals surface area (Å²) in [6, 6.07) is 0. The zero-order chi connectivity index (χ0) is 10.7. The number of H-pyrrole nitrogens is 2. The van der Waals surface area contributed by atoms with E-state index in [1.807, 2.05) is 4.98 Å². The van der Waals surface area contributed by atoms with E-state index in [1.54, 1.807) is 0 Å². The summed E-state index contributed by atoms with van der Waals surface area (Å²) < 4.78 is 0. The Kier molecular flexibility index (Phi) is 2.82. The molecule has 1 aromatic rings. The highest BCUT2D eigenvalue weighted by atomic mass is 16.3. The SMILES string of the molecule is CC(O)C(=O)Nc1c[nH]c(=O)[nH]c1=O. The summed E-state index contributed by atoms with van der Waals surface area (Å²) in [7, 11) is 0. The van der Waals surface area contributed by atoms with Crippen molar-refractivity contribution in [1.29, 1.82) is 0 Å². The Labute approximate surface area is 77.8 Å². The van der Waals surface area contributed by atoms with Gasteiger partial charge in [-0.2, -0.15) is 0 Å². The quantitative estimate of drug-likeness (QED) is 0.458. The molecule has 1 aromatic heterocycles. The smallest absolute Gasteiger partial charge is 0.325 e. The van der Waals surface area contributed by atoms with Crippen molar-refractivity contribution in [3.8, 4) is 0 Å². The molecule has 7 heteroatoms. The van der Waals surface area contributed by atoms with E-state index >= 15 is 0 Å². The minimum atomic E-state index is -1.22. The Balaban J connectivity index is 2.94. The number of aromatic amines is 2. The van der Waals surface area contributed by atoms with E-state index in [-0.39, 0.29) is 5.69 Å². The maximum absolute atomic E-state index is 11.0. The third-order valence-electron chi connectivity index (χ3n) is 1.46. The first-order valence-electron chi connectivity index (χ1n) is 3.81. The zero-order valence-corrected chi connectivity index (χ0v) is 7.33. The van der Waals surface area contributed by atoms with Crippen LogP contribution in [0.2, 0.25) is 0 Å². The molecule has 76 valence electrons. The average Bonchev–Trinajstić information content (AvgIpc) is 2.09. The lowest BCUT2D eigenvalue weighted by Crippen LogP contribution is -2.30. The Morgan fingerprint density at radius 2 is 2.21 bits per heavy atom. The van der Waals surface area contributed by atoms with Crippen LogP contribution >= 0.6 is 0 Å². The second-order valence-electron chi connectivity index (χ2n) is 2.65. The van der Waals surface area contributed by atoms with Crippen LogP contribution in [0, 0.1) is 0 Å². The average molecular weight is 199 g/mol. The largest absolute Gasteiger partial charge is 0.384 e. The van der Waals surface area contributed by atoms with Gasteiger partial charge in [-0.25, -0.2) is 4.79 Å². The molecular weight excluding hydrogens is 190 g/mol. The van der Waals surface area contributed by atoms with Crippen molar-refractivity contribution in [2.45, 2.75) is 13.0 Å². The third-order valence-corrected chi connectivity index (χ3v) is 1.46. The molecule has 1 heterocycles. The van der Waals surface area contributed by atoms with Crippen molar-refractivity contribution < 1.29 is 9.90 Å². The Morgan fingerprint density at radius 1 is 1.57 bits per heavy atom. The van der Waals surface area contributed by atoms with Crippen molar-refractivity contribution in [2.24, 2.45) is 0 Å². The van der Waals surface area contributed by atoms with Crippen molar-refractivity contribution in [3.05, 3.63) is 27.0 Å². The number of aromatic nitrogens is 2. The van der Waals surface area contributed by atoms with Crippen molar-refractivity contribution in [1.82, 2.24) is 9.97 Å². The van der Waals surface area contributed by atoms with E-state index in [2.05, 4.69) is 10.3 Å². The number of aliphatic hydroxyl groups excluding tert-OH is 1. The molecule has 0 spiro atoms. The molecule has 0 aliphatic carbocycles. The molecule has 1 unspecified atom stereocenters. The molecule has 0 saturated carbocycles. The minimum absolute atomic E-state index is 0.115. The van der Waals surface area contributed by atoms with E-state index in [0.29, 0.717) is 0 Å². The van der Waals surface area contributed by atoms with Gasteiger partial charge in [-0.3, -0.25) is 14.6 Å². The van der Waals surface area contributed by atoms with Crippen LogP contribution in [0.1, 0.15) is 6.92 Å². The second kappa shape index (κ2) is 3.88. The number of anilines is 1. The molecule has 0 aliphatic heterocycles. The van der Waals surface area contributed by atoms with Crippen LogP contribution in [0.3, 0.4) is 0 Å². The predicted octanol–water partition coefficient (Wildman–Crippen LogP) is -1.62. The van der Waals surface area contributed by atoms with Gasteiger partial charge in [0.05, 0.1) is 0 Å². The molecular formula is C7H9N3O4. The number of nitrogens with one attached hydrogen (secondary N) is 3. The van der Waals surface area contributed by atoms with Gasteiger partial charge in [0.2, 0.25) is 0 Å². The third kappa shape index (κ3) is 2.30. The highest BCUT2D eigenvalue weighted by Crippen LogP contribution is 1.93. The normalized spacial score (nSPS) is 12.1. The summed E-state index contributed by atoms with van der Waals surface area (Å²) in [6.07, 6.45) is -0.164. The lowest BCUT2D eigenvalue weighted by molar-refractivity contribution is -0.123. The topological polar surface area (TPSA) is 115 Å². The molecule has 14 heavy (non-hydrogen) atoms. The zero-order valence-electron chi connectivity index (χ0n) is 7.33.